The molecule has 0 aliphatic carbocycles. The normalized spacial score (nSPS) is 24.2. The lowest BCUT2D eigenvalue weighted by molar-refractivity contribution is 0.486. The van der Waals surface area contributed by atoms with E-state index in [0.717, 1.165) is 5.75 Å². The Morgan fingerprint density at radius 2 is 2.64 bits per heavy atom. The van der Waals surface area contributed by atoms with Crippen molar-refractivity contribution in [3.8, 4) is 0 Å². The van der Waals surface area contributed by atoms with Crippen LogP contribution in [0.3, 0.4) is 0 Å². The van der Waals surface area contributed by atoms with Crippen molar-refractivity contribution in [3.05, 3.63) is 6.20 Å². The number of thioether (sulfide) groups is 1. The fraction of sp³-hybridized carbons (Fsp3) is 0.667. The minimum Gasteiger partial charge on any atom is -0.381 e. The highest BCUT2D eigenvalue weighted by atomic mass is 32.2. The number of hydrogen-bond donors (Lipinski definition) is 1. The summed E-state index contributed by atoms with van der Waals surface area (Å²) in [5, 5.41) is 7.67. The second-order valence-electron chi connectivity index (χ2n) is 2.64. The van der Waals surface area contributed by atoms with E-state index in [-0.39, 0.29) is 0 Å². The lowest BCUT2D eigenvalue weighted by atomic mass is 10.3. The average Bonchev–Trinajstić information content (AvgIpc) is 2.55. The zero-order valence-electron chi connectivity index (χ0n) is 6.10. The van der Waals surface area contributed by atoms with Gasteiger partial charge in [-0.2, -0.15) is 11.8 Å². The smallest absolute Gasteiger partial charge is 0.165 e. The number of nitrogens with zero attached hydrogens (tertiary/aromatic N) is 3. The predicted molar refractivity (Wildman–Crippen MR) is 45.4 cm³/mol. The maximum Gasteiger partial charge on any atom is 0.165 e. The summed E-state index contributed by atoms with van der Waals surface area (Å²) >= 11 is 1.96. The largest absolute Gasteiger partial charge is 0.381 e. The van der Waals surface area contributed by atoms with Crippen molar-refractivity contribution >= 4 is 17.6 Å². The van der Waals surface area contributed by atoms with Gasteiger partial charge in [-0.05, 0) is 12.2 Å². The summed E-state index contributed by atoms with van der Waals surface area (Å²) in [5.74, 6) is 2.88. The number of rotatable bonds is 1. The second kappa shape index (κ2) is 2.73. The van der Waals surface area contributed by atoms with Crippen LogP contribution in [0.4, 0.5) is 5.82 Å². The molecule has 0 saturated carbocycles. The van der Waals surface area contributed by atoms with Crippen LogP contribution in [0.25, 0.3) is 0 Å². The summed E-state index contributed by atoms with van der Waals surface area (Å²) < 4.78 is 1.87. The van der Waals surface area contributed by atoms with E-state index in [0.29, 0.717) is 11.9 Å². The van der Waals surface area contributed by atoms with Crippen molar-refractivity contribution in [2.45, 2.75) is 12.5 Å². The van der Waals surface area contributed by atoms with Gasteiger partial charge >= 0.3 is 0 Å². The molecular weight excluding hydrogens is 160 g/mol. The Hall–Kier alpha value is -0.710. The lowest BCUT2D eigenvalue weighted by Crippen LogP contribution is -2.08. The van der Waals surface area contributed by atoms with Crippen LogP contribution in [0.2, 0.25) is 0 Å². The summed E-state index contributed by atoms with van der Waals surface area (Å²) in [6.07, 6.45) is 2.99. The van der Waals surface area contributed by atoms with Crippen LogP contribution in [-0.4, -0.2) is 26.5 Å². The molecule has 1 fully saturated rings. The van der Waals surface area contributed by atoms with E-state index in [1.54, 1.807) is 6.20 Å². The molecule has 0 amide bonds. The molecule has 11 heavy (non-hydrogen) atoms. The number of nitrogens with two attached hydrogens (primary N) is 1. The van der Waals surface area contributed by atoms with Crippen LogP contribution in [-0.2, 0) is 0 Å². The molecule has 0 aromatic carbocycles. The van der Waals surface area contributed by atoms with Crippen molar-refractivity contribution in [1.29, 1.82) is 0 Å². The van der Waals surface area contributed by atoms with E-state index in [1.165, 1.54) is 12.2 Å². The molecule has 1 saturated heterocycles. The van der Waals surface area contributed by atoms with Gasteiger partial charge in [-0.1, -0.05) is 5.21 Å². The van der Waals surface area contributed by atoms with Crippen molar-refractivity contribution in [1.82, 2.24) is 15.0 Å². The van der Waals surface area contributed by atoms with E-state index in [4.69, 9.17) is 5.73 Å². The zero-order valence-corrected chi connectivity index (χ0v) is 6.92. The monoisotopic (exact) mass is 170 g/mol. The van der Waals surface area contributed by atoms with Crippen molar-refractivity contribution in [2.75, 3.05) is 17.2 Å². The van der Waals surface area contributed by atoms with Gasteiger partial charge in [0.15, 0.2) is 5.82 Å². The number of aromatic nitrogens is 3. The van der Waals surface area contributed by atoms with Gasteiger partial charge in [0, 0.05) is 5.75 Å². The van der Waals surface area contributed by atoms with Crippen molar-refractivity contribution < 1.29 is 0 Å². The van der Waals surface area contributed by atoms with Crippen molar-refractivity contribution in [3.63, 3.8) is 0 Å². The molecule has 2 N–H and O–H groups in total. The van der Waals surface area contributed by atoms with Crippen LogP contribution in [0.5, 0.6) is 0 Å². The van der Waals surface area contributed by atoms with Gasteiger partial charge in [0.25, 0.3) is 0 Å². The second-order valence-corrected chi connectivity index (χ2v) is 3.79. The first-order valence-corrected chi connectivity index (χ1v) is 4.77. The lowest BCUT2D eigenvalue weighted by Gasteiger charge is -2.05. The quantitative estimate of drug-likeness (QED) is 0.668. The van der Waals surface area contributed by atoms with E-state index in [2.05, 4.69) is 10.3 Å². The summed E-state index contributed by atoms with van der Waals surface area (Å²) in [7, 11) is 0. The zero-order chi connectivity index (χ0) is 7.68. The molecule has 4 nitrogen and oxygen atoms in total. The molecule has 1 aromatic heterocycles. The molecule has 1 atom stereocenters. The van der Waals surface area contributed by atoms with Crippen LogP contribution in [0, 0.1) is 0 Å². The van der Waals surface area contributed by atoms with Crippen LogP contribution < -0.4 is 5.73 Å². The van der Waals surface area contributed by atoms with Gasteiger partial charge in [-0.25, -0.2) is 4.68 Å². The highest BCUT2D eigenvalue weighted by Crippen LogP contribution is 2.26. The number of anilines is 1. The Bertz CT molecular complexity index is 240. The third kappa shape index (κ3) is 1.33. The van der Waals surface area contributed by atoms with E-state index in [1.807, 2.05) is 16.4 Å². The molecule has 5 heteroatoms. The number of nitrogen functional groups attached to an aromatic ring is 1. The Labute approximate surface area is 69.1 Å². The highest BCUT2D eigenvalue weighted by molar-refractivity contribution is 7.99. The fourth-order valence-electron chi connectivity index (χ4n) is 1.20. The number of hydrogen-bond acceptors (Lipinski definition) is 4. The molecule has 2 heterocycles. The highest BCUT2D eigenvalue weighted by Gasteiger charge is 2.17. The first-order valence-electron chi connectivity index (χ1n) is 3.61. The Morgan fingerprint density at radius 1 is 1.73 bits per heavy atom. The Balaban J connectivity index is 2.15. The van der Waals surface area contributed by atoms with Gasteiger partial charge in [0.1, 0.15) is 0 Å². The topological polar surface area (TPSA) is 56.7 Å². The average molecular weight is 170 g/mol. The molecule has 1 aliphatic heterocycles. The van der Waals surface area contributed by atoms with Gasteiger partial charge in [0.05, 0.1) is 12.2 Å². The third-order valence-corrected chi connectivity index (χ3v) is 2.95. The Kier molecular flexibility index (Phi) is 1.73. The molecule has 1 unspecified atom stereocenters. The predicted octanol–water partition coefficient (Wildman–Crippen LogP) is 0.538. The third-order valence-electron chi connectivity index (χ3n) is 1.81. The molecular formula is C6H10N4S. The van der Waals surface area contributed by atoms with Crippen LogP contribution in [0.1, 0.15) is 12.5 Å². The summed E-state index contributed by atoms with van der Waals surface area (Å²) in [4.78, 5) is 0. The van der Waals surface area contributed by atoms with Gasteiger partial charge < -0.3 is 5.73 Å². The molecule has 0 bridgehead atoms. The van der Waals surface area contributed by atoms with Crippen molar-refractivity contribution in [2.24, 2.45) is 0 Å². The minimum atomic E-state index is 0.516. The molecule has 0 spiro atoms. The van der Waals surface area contributed by atoms with E-state index < -0.39 is 0 Å². The molecule has 1 aromatic rings. The first-order chi connectivity index (χ1) is 5.36. The van der Waals surface area contributed by atoms with E-state index >= 15 is 0 Å². The SMILES string of the molecule is Nc1cn(C2CCSC2)nn1. The van der Waals surface area contributed by atoms with Crippen LogP contribution >= 0.6 is 11.8 Å². The van der Waals surface area contributed by atoms with Crippen LogP contribution in [0.15, 0.2) is 6.20 Å². The molecule has 0 radical (unpaired) electrons. The Morgan fingerprint density at radius 3 is 3.18 bits per heavy atom. The minimum absolute atomic E-state index is 0.516. The standard InChI is InChI=1S/C6H10N4S/c7-6-3-10(9-8-6)5-1-2-11-4-5/h3,5H,1-2,4,7H2. The first kappa shape index (κ1) is 6.97. The van der Waals surface area contributed by atoms with Gasteiger partial charge in [0.2, 0.25) is 0 Å². The summed E-state index contributed by atoms with van der Waals surface area (Å²) in [6, 6.07) is 0.518. The molecule has 2 rings (SSSR count). The van der Waals surface area contributed by atoms with E-state index in [9.17, 15) is 0 Å². The summed E-state index contributed by atoms with van der Waals surface area (Å²) in [5.41, 5.74) is 5.44. The van der Waals surface area contributed by atoms with Gasteiger partial charge in [-0.3, -0.25) is 0 Å². The maximum atomic E-state index is 5.44. The molecule has 60 valence electrons. The maximum absolute atomic E-state index is 5.44. The fourth-order valence-corrected chi connectivity index (χ4v) is 2.40. The van der Waals surface area contributed by atoms with Gasteiger partial charge in [-0.15, -0.1) is 5.10 Å². The summed E-state index contributed by atoms with van der Waals surface area (Å²) in [6.45, 7) is 0. The molecule has 1 aliphatic rings.